The quantitative estimate of drug-likeness (QED) is 0.804. The number of aryl methyl sites for hydroxylation is 1. The van der Waals surface area contributed by atoms with Crippen LogP contribution in [0.3, 0.4) is 0 Å². The highest BCUT2D eigenvalue weighted by Gasteiger charge is 2.32. The molecule has 0 aliphatic carbocycles. The molecule has 0 atom stereocenters. The average Bonchev–Trinajstić information content (AvgIpc) is 2.44. The van der Waals surface area contributed by atoms with Crippen molar-refractivity contribution in [3.8, 4) is 5.75 Å². The van der Waals surface area contributed by atoms with E-state index in [1.165, 1.54) is 18.2 Å². The summed E-state index contributed by atoms with van der Waals surface area (Å²) in [5.41, 5.74) is -1.10. The van der Waals surface area contributed by atoms with Crippen LogP contribution in [0.15, 0.2) is 47.4 Å². The molecule has 0 heterocycles. The van der Waals surface area contributed by atoms with Gasteiger partial charge in [0.05, 0.1) is 16.1 Å². The van der Waals surface area contributed by atoms with Crippen molar-refractivity contribution < 1.29 is 26.3 Å². The molecule has 0 radical (unpaired) electrons. The Bertz CT molecular complexity index is 883. The van der Waals surface area contributed by atoms with Gasteiger partial charge in [-0.1, -0.05) is 17.7 Å². The fourth-order valence-corrected chi connectivity index (χ4v) is 3.21. The third-order valence-corrected chi connectivity index (χ3v) is 4.64. The van der Waals surface area contributed by atoms with Gasteiger partial charge in [-0.25, -0.2) is 8.42 Å². The standard InChI is InChI=1S/C18H20F3NO3S/c1-12-5-7-16(8-6-12)26(23,24)22-14-9-13(18(19,20)21)10-15(11-14)25-17(2,3)4/h5-11,22H,1-4H3. The summed E-state index contributed by atoms with van der Waals surface area (Å²) in [6, 6.07) is 8.79. The summed E-state index contributed by atoms with van der Waals surface area (Å²) in [6.07, 6.45) is -4.64. The fraction of sp³-hybridized carbons (Fsp3) is 0.333. The molecule has 0 saturated carbocycles. The zero-order chi connectivity index (χ0) is 19.8. The largest absolute Gasteiger partial charge is 0.488 e. The van der Waals surface area contributed by atoms with E-state index in [-0.39, 0.29) is 16.3 Å². The van der Waals surface area contributed by atoms with Gasteiger partial charge in [0, 0.05) is 6.07 Å². The molecular formula is C18H20F3NO3S. The van der Waals surface area contributed by atoms with Crippen LogP contribution in [0.5, 0.6) is 5.75 Å². The van der Waals surface area contributed by atoms with Crippen LogP contribution < -0.4 is 9.46 Å². The van der Waals surface area contributed by atoms with E-state index in [9.17, 15) is 21.6 Å². The van der Waals surface area contributed by atoms with Gasteiger partial charge < -0.3 is 4.74 Å². The minimum Gasteiger partial charge on any atom is -0.488 e. The highest BCUT2D eigenvalue weighted by atomic mass is 32.2. The molecule has 0 aliphatic heterocycles. The van der Waals surface area contributed by atoms with E-state index in [4.69, 9.17) is 4.74 Å². The van der Waals surface area contributed by atoms with Crippen LogP contribution >= 0.6 is 0 Å². The van der Waals surface area contributed by atoms with Crippen LogP contribution in [0.4, 0.5) is 18.9 Å². The SMILES string of the molecule is Cc1ccc(S(=O)(=O)Nc2cc(OC(C)(C)C)cc(C(F)(F)F)c2)cc1. The normalized spacial score (nSPS) is 12.7. The van der Waals surface area contributed by atoms with E-state index in [2.05, 4.69) is 4.72 Å². The summed E-state index contributed by atoms with van der Waals surface area (Å²) in [6.45, 7) is 6.85. The lowest BCUT2D eigenvalue weighted by Gasteiger charge is -2.23. The number of halogens is 3. The summed E-state index contributed by atoms with van der Waals surface area (Å²) in [5, 5.41) is 0. The monoisotopic (exact) mass is 387 g/mol. The van der Waals surface area contributed by atoms with Crippen LogP contribution in [0, 0.1) is 6.92 Å². The molecule has 0 aromatic heterocycles. The fourth-order valence-electron chi connectivity index (χ4n) is 2.17. The number of hydrogen-bond acceptors (Lipinski definition) is 3. The summed E-state index contributed by atoms with van der Waals surface area (Å²) in [5.74, 6) is -0.0751. The third-order valence-electron chi connectivity index (χ3n) is 3.24. The predicted octanol–water partition coefficient (Wildman–Crippen LogP) is 4.99. The molecule has 2 rings (SSSR count). The number of hydrogen-bond donors (Lipinski definition) is 1. The molecule has 2 aromatic rings. The molecule has 0 spiro atoms. The number of anilines is 1. The van der Waals surface area contributed by atoms with Crippen molar-refractivity contribution in [3.63, 3.8) is 0 Å². The molecule has 2 aromatic carbocycles. The Labute approximate surface area is 151 Å². The summed E-state index contributed by atoms with van der Waals surface area (Å²) in [4.78, 5) is -0.0428. The zero-order valence-electron chi connectivity index (χ0n) is 14.8. The van der Waals surface area contributed by atoms with E-state index in [1.54, 1.807) is 39.8 Å². The van der Waals surface area contributed by atoms with Crippen molar-refractivity contribution in [2.45, 2.75) is 44.4 Å². The number of benzene rings is 2. The predicted molar refractivity (Wildman–Crippen MR) is 93.8 cm³/mol. The Kier molecular flexibility index (Phi) is 5.28. The van der Waals surface area contributed by atoms with Gasteiger partial charge in [-0.3, -0.25) is 4.72 Å². The smallest absolute Gasteiger partial charge is 0.416 e. The lowest BCUT2D eigenvalue weighted by Crippen LogP contribution is -2.23. The van der Waals surface area contributed by atoms with E-state index in [0.717, 1.165) is 17.7 Å². The Morgan fingerprint density at radius 1 is 0.962 bits per heavy atom. The molecule has 8 heteroatoms. The van der Waals surface area contributed by atoms with Crippen molar-refractivity contribution in [2.24, 2.45) is 0 Å². The number of sulfonamides is 1. The minimum atomic E-state index is -4.64. The second kappa shape index (κ2) is 6.83. The molecule has 0 amide bonds. The Balaban J connectivity index is 2.44. The van der Waals surface area contributed by atoms with E-state index in [1.807, 2.05) is 0 Å². The van der Waals surface area contributed by atoms with Gasteiger partial charge in [0.2, 0.25) is 0 Å². The maximum atomic E-state index is 13.1. The molecule has 1 N–H and O–H groups in total. The summed E-state index contributed by atoms with van der Waals surface area (Å²) >= 11 is 0. The van der Waals surface area contributed by atoms with Gasteiger partial charge in [-0.05, 0) is 52.0 Å². The maximum Gasteiger partial charge on any atom is 0.416 e. The average molecular weight is 387 g/mol. The van der Waals surface area contributed by atoms with Gasteiger partial charge in [0.1, 0.15) is 11.4 Å². The Morgan fingerprint density at radius 3 is 2.04 bits per heavy atom. The van der Waals surface area contributed by atoms with Crippen LogP contribution in [0.1, 0.15) is 31.9 Å². The number of ether oxygens (including phenoxy) is 1. The first-order valence-corrected chi connectivity index (χ1v) is 9.25. The molecule has 4 nitrogen and oxygen atoms in total. The maximum absolute atomic E-state index is 13.1. The molecule has 0 aliphatic rings. The van der Waals surface area contributed by atoms with Crippen molar-refractivity contribution in [2.75, 3.05) is 4.72 Å². The van der Waals surface area contributed by atoms with Crippen molar-refractivity contribution in [3.05, 3.63) is 53.6 Å². The molecule has 142 valence electrons. The second-order valence-corrected chi connectivity index (χ2v) is 8.56. The minimum absolute atomic E-state index is 0.0428. The van der Waals surface area contributed by atoms with Gasteiger partial charge in [0.15, 0.2) is 0 Å². The summed E-state index contributed by atoms with van der Waals surface area (Å²) < 4.78 is 72.0. The number of rotatable bonds is 4. The van der Waals surface area contributed by atoms with Crippen molar-refractivity contribution >= 4 is 15.7 Å². The van der Waals surface area contributed by atoms with Gasteiger partial charge in [-0.2, -0.15) is 13.2 Å². The van der Waals surface area contributed by atoms with Crippen LogP contribution in [0.2, 0.25) is 0 Å². The van der Waals surface area contributed by atoms with Crippen LogP contribution in [-0.2, 0) is 16.2 Å². The lowest BCUT2D eigenvalue weighted by molar-refractivity contribution is -0.137. The first-order chi connectivity index (χ1) is 11.8. The highest BCUT2D eigenvalue weighted by molar-refractivity contribution is 7.92. The molecule has 26 heavy (non-hydrogen) atoms. The van der Waals surface area contributed by atoms with Gasteiger partial charge in [-0.15, -0.1) is 0 Å². The summed E-state index contributed by atoms with van der Waals surface area (Å²) in [7, 11) is -4.03. The molecule has 0 saturated heterocycles. The number of nitrogens with one attached hydrogen (secondary N) is 1. The van der Waals surface area contributed by atoms with Crippen molar-refractivity contribution in [1.29, 1.82) is 0 Å². The first-order valence-electron chi connectivity index (χ1n) is 7.77. The topological polar surface area (TPSA) is 55.4 Å². The van der Waals surface area contributed by atoms with Crippen LogP contribution in [0.25, 0.3) is 0 Å². The van der Waals surface area contributed by atoms with Gasteiger partial charge >= 0.3 is 6.18 Å². The molecule has 0 unspecified atom stereocenters. The third kappa shape index (κ3) is 5.39. The Morgan fingerprint density at radius 2 is 1.54 bits per heavy atom. The molecular weight excluding hydrogens is 367 g/mol. The molecule has 0 bridgehead atoms. The van der Waals surface area contributed by atoms with Gasteiger partial charge in [0.25, 0.3) is 10.0 Å². The number of alkyl halides is 3. The first kappa shape index (κ1) is 20.1. The lowest BCUT2D eigenvalue weighted by atomic mass is 10.1. The Hall–Kier alpha value is -2.22. The molecule has 0 fully saturated rings. The van der Waals surface area contributed by atoms with Crippen LogP contribution in [-0.4, -0.2) is 14.0 Å². The van der Waals surface area contributed by atoms with Crippen molar-refractivity contribution in [1.82, 2.24) is 0 Å². The van der Waals surface area contributed by atoms with E-state index in [0.29, 0.717) is 0 Å². The zero-order valence-corrected chi connectivity index (χ0v) is 15.6. The highest BCUT2D eigenvalue weighted by Crippen LogP contribution is 2.35. The van der Waals surface area contributed by atoms with E-state index < -0.39 is 27.4 Å². The van der Waals surface area contributed by atoms with E-state index >= 15 is 0 Å². The second-order valence-electron chi connectivity index (χ2n) is 6.88.